The van der Waals surface area contributed by atoms with E-state index < -0.39 is 12.0 Å². The normalized spacial score (nSPS) is 11.8. The lowest BCUT2D eigenvalue weighted by molar-refractivity contribution is 0.0698. The minimum atomic E-state index is -1.09. The molecule has 0 heterocycles. The first-order chi connectivity index (χ1) is 9.43. The number of carboxylic acids is 1. The van der Waals surface area contributed by atoms with Crippen LogP contribution in [0.15, 0.2) is 22.7 Å². The van der Waals surface area contributed by atoms with Gasteiger partial charge in [-0.05, 0) is 36.1 Å². The molecule has 1 aromatic carbocycles. The van der Waals surface area contributed by atoms with Crippen molar-refractivity contribution >= 4 is 45.4 Å². The average Bonchev–Trinajstić information content (AvgIpc) is 2.38. The van der Waals surface area contributed by atoms with E-state index in [9.17, 15) is 9.59 Å². The molecule has 0 spiro atoms. The SMILES string of the molecule is CSCC(C)CNC(=O)Nc1ccc(Br)cc1C(=O)O. The number of aromatic carboxylic acids is 1. The number of hydrogen-bond acceptors (Lipinski definition) is 3. The third-order valence-corrected chi connectivity index (χ3v) is 3.92. The zero-order valence-corrected chi connectivity index (χ0v) is 13.7. The topological polar surface area (TPSA) is 78.4 Å². The third-order valence-electron chi connectivity index (χ3n) is 2.52. The standard InChI is InChI=1S/C13H17BrN2O3S/c1-8(7-20-2)6-15-13(19)16-11-4-3-9(14)5-10(11)12(17)18/h3-5,8H,6-7H2,1-2H3,(H,17,18)(H2,15,16,19). The molecule has 5 nitrogen and oxygen atoms in total. The van der Waals surface area contributed by atoms with Gasteiger partial charge in [0.15, 0.2) is 0 Å². The molecule has 1 rings (SSSR count). The van der Waals surface area contributed by atoms with Gasteiger partial charge in [-0.3, -0.25) is 0 Å². The molecule has 0 saturated heterocycles. The van der Waals surface area contributed by atoms with Crippen LogP contribution in [-0.4, -0.2) is 35.7 Å². The van der Waals surface area contributed by atoms with Crippen molar-refractivity contribution in [1.29, 1.82) is 0 Å². The minimum Gasteiger partial charge on any atom is -0.478 e. The fourth-order valence-electron chi connectivity index (χ4n) is 1.58. The van der Waals surface area contributed by atoms with E-state index in [-0.39, 0.29) is 11.3 Å². The molecule has 20 heavy (non-hydrogen) atoms. The Bertz CT molecular complexity index is 497. The number of carboxylic acid groups (broad SMARTS) is 1. The highest BCUT2D eigenvalue weighted by molar-refractivity contribution is 9.10. The van der Waals surface area contributed by atoms with E-state index in [0.717, 1.165) is 5.75 Å². The largest absolute Gasteiger partial charge is 0.478 e. The van der Waals surface area contributed by atoms with Crippen molar-refractivity contribution in [3.63, 3.8) is 0 Å². The van der Waals surface area contributed by atoms with E-state index in [0.29, 0.717) is 16.9 Å². The second-order valence-electron chi connectivity index (χ2n) is 4.39. The smallest absolute Gasteiger partial charge is 0.337 e. The van der Waals surface area contributed by atoms with Crippen LogP contribution in [0.5, 0.6) is 0 Å². The molecule has 110 valence electrons. The zero-order chi connectivity index (χ0) is 15.1. The summed E-state index contributed by atoms with van der Waals surface area (Å²) in [7, 11) is 0. The second kappa shape index (κ2) is 8.16. The van der Waals surface area contributed by atoms with Crippen molar-refractivity contribution < 1.29 is 14.7 Å². The van der Waals surface area contributed by atoms with Gasteiger partial charge in [0.25, 0.3) is 0 Å². The van der Waals surface area contributed by atoms with Gasteiger partial charge in [0, 0.05) is 11.0 Å². The molecule has 0 aromatic heterocycles. The van der Waals surface area contributed by atoms with E-state index in [2.05, 4.69) is 26.6 Å². The summed E-state index contributed by atoms with van der Waals surface area (Å²) in [5.41, 5.74) is 0.322. The molecule has 7 heteroatoms. The summed E-state index contributed by atoms with van der Waals surface area (Å²) < 4.78 is 0.648. The predicted molar refractivity (Wildman–Crippen MR) is 85.7 cm³/mol. The summed E-state index contributed by atoms with van der Waals surface area (Å²) in [5.74, 6) is 0.232. The monoisotopic (exact) mass is 360 g/mol. The molecule has 3 N–H and O–H groups in total. The zero-order valence-electron chi connectivity index (χ0n) is 11.3. The van der Waals surface area contributed by atoms with Crippen LogP contribution in [0.4, 0.5) is 10.5 Å². The van der Waals surface area contributed by atoms with Crippen LogP contribution < -0.4 is 10.6 Å². The lowest BCUT2D eigenvalue weighted by Crippen LogP contribution is -2.33. The Kier molecular flexibility index (Phi) is 6.87. The Hall–Kier alpha value is -1.21. The molecular formula is C13H17BrN2O3S. The molecule has 1 unspecified atom stereocenters. The molecule has 0 radical (unpaired) electrons. The fourth-order valence-corrected chi connectivity index (χ4v) is 2.63. The Morgan fingerprint density at radius 3 is 2.75 bits per heavy atom. The first-order valence-electron chi connectivity index (χ1n) is 6.00. The van der Waals surface area contributed by atoms with Crippen LogP contribution in [0, 0.1) is 5.92 Å². The number of urea groups is 1. The number of carbonyl (C=O) groups is 2. The highest BCUT2D eigenvalue weighted by Crippen LogP contribution is 2.21. The van der Waals surface area contributed by atoms with Gasteiger partial charge in [0.1, 0.15) is 0 Å². The maximum atomic E-state index is 11.7. The van der Waals surface area contributed by atoms with Crippen molar-refractivity contribution in [2.45, 2.75) is 6.92 Å². The average molecular weight is 361 g/mol. The molecule has 2 amide bonds. The maximum Gasteiger partial charge on any atom is 0.337 e. The summed E-state index contributed by atoms with van der Waals surface area (Å²) in [6, 6.07) is 4.29. The third kappa shape index (κ3) is 5.42. The van der Waals surface area contributed by atoms with Crippen molar-refractivity contribution in [2.24, 2.45) is 5.92 Å². The molecule has 0 bridgehead atoms. The molecule has 0 fully saturated rings. The molecule has 0 aliphatic rings. The number of hydrogen-bond donors (Lipinski definition) is 3. The lowest BCUT2D eigenvalue weighted by Gasteiger charge is -2.13. The quantitative estimate of drug-likeness (QED) is 0.727. The summed E-state index contributed by atoms with van der Waals surface area (Å²) >= 11 is 4.92. The highest BCUT2D eigenvalue weighted by Gasteiger charge is 2.13. The number of nitrogens with one attached hydrogen (secondary N) is 2. The molecule has 1 aromatic rings. The van der Waals surface area contributed by atoms with E-state index >= 15 is 0 Å². The van der Waals surface area contributed by atoms with Crippen molar-refractivity contribution in [3.05, 3.63) is 28.2 Å². The van der Waals surface area contributed by atoms with Gasteiger partial charge >= 0.3 is 12.0 Å². The van der Waals surface area contributed by atoms with Crippen LogP contribution in [-0.2, 0) is 0 Å². The number of benzene rings is 1. The van der Waals surface area contributed by atoms with Gasteiger partial charge in [0.2, 0.25) is 0 Å². The Balaban J connectivity index is 2.64. The number of rotatable bonds is 6. The van der Waals surface area contributed by atoms with Crippen molar-refractivity contribution in [3.8, 4) is 0 Å². The molecule has 0 saturated carbocycles. The Morgan fingerprint density at radius 1 is 1.45 bits per heavy atom. The van der Waals surface area contributed by atoms with Gasteiger partial charge in [-0.15, -0.1) is 0 Å². The predicted octanol–water partition coefficient (Wildman–Crippen LogP) is 3.27. The number of halogens is 1. The number of carbonyl (C=O) groups excluding carboxylic acids is 1. The van der Waals surface area contributed by atoms with Gasteiger partial charge in [-0.25, -0.2) is 9.59 Å². The van der Waals surface area contributed by atoms with E-state index in [1.165, 1.54) is 6.07 Å². The summed E-state index contributed by atoms with van der Waals surface area (Å²) in [5, 5.41) is 14.4. The van der Waals surface area contributed by atoms with Gasteiger partial charge in [-0.2, -0.15) is 11.8 Å². The Labute approximate surface area is 130 Å². The summed E-state index contributed by atoms with van der Waals surface area (Å²) in [6.07, 6.45) is 2.01. The molecule has 0 aliphatic carbocycles. The van der Waals surface area contributed by atoms with Crippen LogP contribution in [0.2, 0.25) is 0 Å². The minimum absolute atomic E-state index is 0.0479. The highest BCUT2D eigenvalue weighted by atomic mass is 79.9. The fraction of sp³-hybridized carbons (Fsp3) is 0.385. The van der Waals surface area contributed by atoms with Gasteiger partial charge < -0.3 is 15.7 Å². The first kappa shape index (κ1) is 16.8. The Morgan fingerprint density at radius 2 is 2.15 bits per heavy atom. The van der Waals surface area contributed by atoms with E-state index in [1.54, 1.807) is 23.9 Å². The number of thioether (sulfide) groups is 1. The number of anilines is 1. The van der Waals surface area contributed by atoms with Crippen LogP contribution in [0.3, 0.4) is 0 Å². The van der Waals surface area contributed by atoms with Gasteiger partial charge in [-0.1, -0.05) is 22.9 Å². The van der Waals surface area contributed by atoms with Gasteiger partial charge in [0.05, 0.1) is 11.3 Å². The van der Waals surface area contributed by atoms with Crippen LogP contribution >= 0.6 is 27.7 Å². The van der Waals surface area contributed by atoms with Crippen LogP contribution in [0.25, 0.3) is 0 Å². The molecule has 1 atom stereocenters. The lowest BCUT2D eigenvalue weighted by atomic mass is 10.2. The summed E-state index contributed by atoms with van der Waals surface area (Å²) in [6.45, 7) is 2.59. The summed E-state index contributed by atoms with van der Waals surface area (Å²) in [4.78, 5) is 22.9. The van der Waals surface area contributed by atoms with Crippen molar-refractivity contribution in [2.75, 3.05) is 23.9 Å². The molecule has 0 aliphatic heterocycles. The number of amides is 2. The maximum absolute atomic E-state index is 11.7. The first-order valence-corrected chi connectivity index (χ1v) is 8.19. The second-order valence-corrected chi connectivity index (χ2v) is 6.22. The van der Waals surface area contributed by atoms with E-state index in [1.807, 2.05) is 13.2 Å². The van der Waals surface area contributed by atoms with Crippen LogP contribution in [0.1, 0.15) is 17.3 Å². The van der Waals surface area contributed by atoms with Crippen molar-refractivity contribution in [1.82, 2.24) is 5.32 Å². The van der Waals surface area contributed by atoms with E-state index in [4.69, 9.17) is 5.11 Å². The molecular weight excluding hydrogens is 344 g/mol.